The molecule has 0 spiro atoms. The minimum absolute atomic E-state index is 0.0525. The van der Waals surface area contributed by atoms with E-state index in [9.17, 15) is 14.7 Å². The molecule has 0 saturated heterocycles. The third-order valence-electron chi connectivity index (χ3n) is 3.69. The fourth-order valence-electron chi connectivity index (χ4n) is 2.46. The van der Waals surface area contributed by atoms with Crippen LogP contribution in [0.4, 0.5) is 4.79 Å². The van der Waals surface area contributed by atoms with Crippen LogP contribution in [0.3, 0.4) is 0 Å². The lowest BCUT2D eigenvalue weighted by Crippen LogP contribution is -2.35. The third kappa shape index (κ3) is 4.07. The van der Waals surface area contributed by atoms with Crippen molar-refractivity contribution in [3.63, 3.8) is 0 Å². The zero-order chi connectivity index (χ0) is 18.4. The number of hydrogen-bond acceptors (Lipinski definition) is 4. The molecular formula is C19H17N3O4. The SMILES string of the molecule is O=C(N[C@@H](C(=O)O)c1ccnn1-c1ccccc1)OCc1ccccc1. The molecule has 0 aliphatic rings. The van der Waals surface area contributed by atoms with Gasteiger partial charge in [0.25, 0.3) is 0 Å². The highest BCUT2D eigenvalue weighted by Gasteiger charge is 2.26. The predicted molar refractivity (Wildman–Crippen MR) is 93.7 cm³/mol. The number of carbonyl (C=O) groups is 2. The number of carboxylic acids is 1. The first-order valence-corrected chi connectivity index (χ1v) is 7.94. The van der Waals surface area contributed by atoms with E-state index in [-0.39, 0.29) is 6.61 Å². The number of carbonyl (C=O) groups excluding carboxylic acids is 1. The molecular weight excluding hydrogens is 334 g/mol. The van der Waals surface area contributed by atoms with Crippen molar-refractivity contribution in [1.82, 2.24) is 15.1 Å². The number of nitrogens with one attached hydrogen (secondary N) is 1. The molecule has 1 amide bonds. The molecule has 2 N–H and O–H groups in total. The Bertz CT molecular complexity index is 878. The molecule has 3 aromatic rings. The molecule has 0 radical (unpaired) electrons. The van der Waals surface area contributed by atoms with Crippen molar-refractivity contribution in [3.05, 3.63) is 84.2 Å². The fraction of sp³-hybridized carbons (Fsp3) is 0.105. The molecule has 7 nitrogen and oxygen atoms in total. The van der Waals surface area contributed by atoms with Crippen LogP contribution in [0.25, 0.3) is 5.69 Å². The standard InChI is InChI=1S/C19H17N3O4/c23-18(24)17(21-19(25)26-13-14-7-3-1-4-8-14)16-11-12-20-22(16)15-9-5-2-6-10-15/h1-12,17H,13H2,(H,21,25)(H,23,24)/t17-/m1/s1. The van der Waals surface area contributed by atoms with E-state index < -0.39 is 18.1 Å². The number of rotatable bonds is 6. The maximum Gasteiger partial charge on any atom is 0.408 e. The predicted octanol–water partition coefficient (Wildman–Crippen LogP) is 2.92. The molecule has 0 bridgehead atoms. The quantitative estimate of drug-likeness (QED) is 0.712. The van der Waals surface area contributed by atoms with E-state index in [1.165, 1.54) is 10.9 Å². The van der Waals surface area contributed by atoms with Gasteiger partial charge in [0, 0.05) is 6.20 Å². The highest BCUT2D eigenvalue weighted by molar-refractivity contribution is 5.81. The average Bonchev–Trinajstić information content (AvgIpc) is 3.15. The van der Waals surface area contributed by atoms with Crippen molar-refractivity contribution >= 4 is 12.1 Å². The Morgan fingerprint density at radius 1 is 1.04 bits per heavy atom. The van der Waals surface area contributed by atoms with Crippen molar-refractivity contribution < 1.29 is 19.4 Å². The van der Waals surface area contributed by atoms with Gasteiger partial charge in [0.1, 0.15) is 6.61 Å². The number of aromatic nitrogens is 2. The summed E-state index contributed by atoms with van der Waals surface area (Å²) in [5, 5.41) is 16.1. The summed E-state index contributed by atoms with van der Waals surface area (Å²) in [5.41, 5.74) is 1.82. The van der Waals surface area contributed by atoms with Crippen LogP contribution < -0.4 is 5.32 Å². The van der Waals surface area contributed by atoms with Crippen molar-refractivity contribution in [1.29, 1.82) is 0 Å². The van der Waals surface area contributed by atoms with E-state index in [2.05, 4.69) is 10.4 Å². The number of para-hydroxylation sites is 1. The van der Waals surface area contributed by atoms with Gasteiger partial charge < -0.3 is 15.2 Å². The Balaban J connectivity index is 1.73. The highest BCUT2D eigenvalue weighted by atomic mass is 16.5. The van der Waals surface area contributed by atoms with Gasteiger partial charge in [-0.15, -0.1) is 0 Å². The normalized spacial score (nSPS) is 11.5. The lowest BCUT2D eigenvalue weighted by Gasteiger charge is -2.16. The van der Waals surface area contributed by atoms with Gasteiger partial charge in [-0.2, -0.15) is 5.10 Å². The zero-order valence-electron chi connectivity index (χ0n) is 13.8. The lowest BCUT2D eigenvalue weighted by atomic mass is 10.2. The molecule has 3 rings (SSSR count). The van der Waals surface area contributed by atoms with Gasteiger partial charge in [-0.1, -0.05) is 48.5 Å². The maximum atomic E-state index is 12.0. The Morgan fingerprint density at radius 3 is 2.35 bits per heavy atom. The van der Waals surface area contributed by atoms with Gasteiger partial charge in [0.2, 0.25) is 0 Å². The summed E-state index contributed by atoms with van der Waals surface area (Å²) in [6.07, 6.45) is 0.664. The van der Waals surface area contributed by atoms with Gasteiger partial charge in [0.05, 0.1) is 11.4 Å². The van der Waals surface area contributed by atoms with E-state index >= 15 is 0 Å². The Kier molecular flexibility index (Phi) is 5.28. The minimum Gasteiger partial charge on any atom is -0.479 e. The number of amides is 1. The third-order valence-corrected chi connectivity index (χ3v) is 3.69. The second-order valence-electron chi connectivity index (χ2n) is 5.48. The van der Waals surface area contributed by atoms with Crippen molar-refractivity contribution in [3.8, 4) is 5.69 Å². The van der Waals surface area contributed by atoms with E-state index in [0.717, 1.165) is 5.56 Å². The molecule has 2 aromatic carbocycles. The monoisotopic (exact) mass is 351 g/mol. The summed E-state index contributed by atoms with van der Waals surface area (Å²) in [6.45, 7) is 0.0525. The number of alkyl carbamates (subject to hydrolysis) is 1. The summed E-state index contributed by atoms with van der Waals surface area (Å²) in [7, 11) is 0. The van der Waals surface area contributed by atoms with Crippen LogP contribution in [0.15, 0.2) is 72.9 Å². The van der Waals surface area contributed by atoms with Crippen LogP contribution in [0.2, 0.25) is 0 Å². The molecule has 0 fully saturated rings. The number of carboxylic acid groups (broad SMARTS) is 1. The topological polar surface area (TPSA) is 93.5 Å². The van der Waals surface area contributed by atoms with Crippen molar-refractivity contribution in [2.45, 2.75) is 12.6 Å². The molecule has 1 atom stereocenters. The Labute approximate surface area is 149 Å². The molecule has 0 unspecified atom stereocenters. The highest BCUT2D eigenvalue weighted by Crippen LogP contribution is 2.18. The molecule has 0 saturated carbocycles. The van der Waals surface area contributed by atoms with Gasteiger partial charge in [0.15, 0.2) is 6.04 Å². The summed E-state index contributed by atoms with van der Waals surface area (Å²) in [6, 6.07) is 18.5. The second-order valence-corrected chi connectivity index (χ2v) is 5.48. The number of nitrogens with zero attached hydrogens (tertiary/aromatic N) is 2. The van der Waals surface area contributed by atoms with Crippen LogP contribution in [0, 0.1) is 0 Å². The van der Waals surface area contributed by atoms with Gasteiger partial charge in [-0.3, -0.25) is 0 Å². The van der Waals surface area contributed by atoms with Crippen LogP contribution in [-0.4, -0.2) is 26.9 Å². The molecule has 1 heterocycles. The average molecular weight is 351 g/mol. The van der Waals surface area contributed by atoms with E-state index in [4.69, 9.17) is 4.74 Å². The summed E-state index contributed by atoms with van der Waals surface area (Å²) >= 11 is 0. The van der Waals surface area contributed by atoms with Crippen LogP contribution in [-0.2, 0) is 16.1 Å². The zero-order valence-corrected chi connectivity index (χ0v) is 13.8. The molecule has 26 heavy (non-hydrogen) atoms. The van der Waals surface area contributed by atoms with Crippen molar-refractivity contribution in [2.24, 2.45) is 0 Å². The lowest BCUT2D eigenvalue weighted by molar-refractivity contribution is -0.139. The Morgan fingerprint density at radius 2 is 1.69 bits per heavy atom. The van der Waals surface area contributed by atoms with Crippen LogP contribution >= 0.6 is 0 Å². The molecule has 132 valence electrons. The number of hydrogen-bond donors (Lipinski definition) is 2. The smallest absolute Gasteiger partial charge is 0.408 e. The first-order valence-electron chi connectivity index (χ1n) is 7.94. The van der Waals surface area contributed by atoms with E-state index in [1.54, 1.807) is 18.2 Å². The summed E-state index contributed by atoms with van der Waals surface area (Å²) in [5.74, 6) is -1.21. The van der Waals surface area contributed by atoms with Crippen LogP contribution in [0.5, 0.6) is 0 Å². The molecule has 7 heteroatoms. The minimum atomic E-state index is -1.29. The van der Waals surface area contributed by atoms with Gasteiger partial charge in [-0.25, -0.2) is 14.3 Å². The van der Waals surface area contributed by atoms with E-state index in [0.29, 0.717) is 11.4 Å². The second kappa shape index (κ2) is 7.98. The molecule has 1 aromatic heterocycles. The molecule has 0 aliphatic heterocycles. The maximum absolute atomic E-state index is 12.0. The first-order chi connectivity index (χ1) is 12.6. The van der Waals surface area contributed by atoms with Crippen molar-refractivity contribution in [2.75, 3.05) is 0 Å². The summed E-state index contributed by atoms with van der Waals surface area (Å²) in [4.78, 5) is 23.7. The van der Waals surface area contributed by atoms with Gasteiger partial charge >= 0.3 is 12.1 Å². The van der Waals surface area contributed by atoms with E-state index in [1.807, 2.05) is 48.5 Å². The number of benzene rings is 2. The Hall–Kier alpha value is -3.61. The number of aliphatic carboxylic acids is 1. The number of ether oxygens (including phenoxy) is 1. The van der Waals surface area contributed by atoms with Crippen LogP contribution in [0.1, 0.15) is 17.3 Å². The largest absolute Gasteiger partial charge is 0.479 e. The van der Waals surface area contributed by atoms with Gasteiger partial charge in [-0.05, 0) is 23.8 Å². The first kappa shape index (κ1) is 17.2. The summed E-state index contributed by atoms with van der Waals surface area (Å²) < 4.78 is 6.58. The molecule has 0 aliphatic carbocycles. The fourth-order valence-corrected chi connectivity index (χ4v) is 2.46.